The highest BCUT2D eigenvalue weighted by Crippen LogP contribution is 2.20. The number of nitrogens with zero attached hydrogens (tertiary/aromatic N) is 2. The average molecular weight is 466 g/mol. The minimum atomic E-state index is -1.20. The van der Waals surface area contributed by atoms with E-state index in [1.165, 1.54) is 6.07 Å². The molecule has 2 aromatic carbocycles. The van der Waals surface area contributed by atoms with Crippen LogP contribution < -0.4 is 10.6 Å². The Balaban J connectivity index is 1.39. The molecule has 0 unspecified atom stereocenters. The second-order valence-electron chi connectivity index (χ2n) is 8.01. The molecule has 2 heterocycles. The highest BCUT2D eigenvalue weighted by Gasteiger charge is 2.22. The SMILES string of the molecule is O=C(N[C@@H](CO)C(=O)Nc1cc(-c2ccccc2)[nH]n1)c1cc(O)cc(CN2CCOCC2)c1. The lowest BCUT2D eigenvalue weighted by atomic mass is 10.1. The largest absolute Gasteiger partial charge is 0.508 e. The number of aromatic amines is 1. The van der Waals surface area contributed by atoms with E-state index >= 15 is 0 Å². The fourth-order valence-corrected chi connectivity index (χ4v) is 3.71. The summed E-state index contributed by atoms with van der Waals surface area (Å²) in [6, 6.07) is 14.5. The molecule has 0 radical (unpaired) electrons. The first-order valence-electron chi connectivity index (χ1n) is 11.0. The van der Waals surface area contributed by atoms with Crippen molar-refractivity contribution in [2.45, 2.75) is 12.6 Å². The summed E-state index contributed by atoms with van der Waals surface area (Å²) in [5.74, 6) is -0.983. The van der Waals surface area contributed by atoms with Gasteiger partial charge >= 0.3 is 0 Å². The topological polar surface area (TPSA) is 140 Å². The van der Waals surface area contributed by atoms with Crippen molar-refractivity contribution >= 4 is 17.6 Å². The van der Waals surface area contributed by atoms with Crippen LogP contribution in [-0.2, 0) is 16.1 Å². The van der Waals surface area contributed by atoms with Crippen molar-refractivity contribution < 1.29 is 24.5 Å². The van der Waals surface area contributed by atoms with Gasteiger partial charge in [0.25, 0.3) is 11.8 Å². The van der Waals surface area contributed by atoms with Crippen LogP contribution in [0.15, 0.2) is 54.6 Å². The molecule has 0 bridgehead atoms. The van der Waals surface area contributed by atoms with E-state index in [1.54, 1.807) is 18.2 Å². The summed E-state index contributed by atoms with van der Waals surface area (Å²) in [7, 11) is 0. The number of carbonyl (C=O) groups is 2. The van der Waals surface area contributed by atoms with E-state index < -0.39 is 24.5 Å². The van der Waals surface area contributed by atoms with Gasteiger partial charge in [-0.2, -0.15) is 5.10 Å². The van der Waals surface area contributed by atoms with Crippen LogP contribution in [0.3, 0.4) is 0 Å². The molecule has 1 saturated heterocycles. The fourth-order valence-electron chi connectivity index (χ4n) is 3.71. The number of rotatable bonds is 8. The molecule has 10 heteroatoms. The number of carbonyl (C=O) groups excluding carboxylic acids is 2. The average Bonchev–Trinajstić information content (AvgIpc) is 3.31. The molecule has 178 valence electrons. The molecule has 0 aliphatic carbocycles. The predicted molar refractivity (Wildman–Crippen MR) is 125 cm³/mol. The number of hydrogen-bond donors (Lipinski definition) is 5. The second-order valence-corrected chi connectivity index (χ2v) is 8.01. The molecule has 34 heavy (non-hydrogen) atoms. The van der Waals surface area contributed by atoms with Gasteiger partial charge in [0.15, 0.2) is 5.82 Å². The molecule has 2 amide bonds. The lowest BCUT2D eigenvalue weighted by molar-refractivity contribution is -0.118. The molecular weight excluding hydrogens is 438 g/mol. The Morgan fingerprint density at radius 1 is 1.12 bits per heavy atom. The first-order chi connectivity index (χ1) is 16.5. The van der Waals surface area contributed by atoms with Gasteiger partial charge < -0.3 is 25.6 Å². The van der Waals surface area contributed by atoms with Gasteiger partial charge in [-0.15, -0.1) is 0 Å². The van der Waals surface area contributed by atoms with Crippen molar-refractivity contribution in [2.75, 3.05) is 38.2 Å². The molecule has 3 aromatic rings. The monoisotopic (exact) mass is 465 g/mol. The van der Waals surface area contributed by atoms with Gasteiger partial charge in [0, 0.05) is 31.3 Å². The van der Waals surface area contributed by atoms with Crippen molar-refractivity contribution in [3.63, 3.8) is 0 Å². The minimum Gasteiger partial charge on any atom is -0.508 e. The summed E-state index contributed by atoms with van der Waals surface area (Å²) in [5.41, 5.74) is 2.58. The van der Waals surface area contributed by atoms with Crippen molar-refractivity contribution in [1.29, 1.82) is 0 Å². The number of amides is 2. The standard InChI is InChI=1S/C24H27N5O5/c30-15-21(24(33)26-22-13-20(27-28-22)17-4-2-1-3-5-17)25-23(32)18-10-16(11-19(31)12-18)14-29-6-8-34-9-7-29/h1-5,10-13,21,30-31H,6-9,14-15H2,(H,25,32)(H2,26,27,28,33)/t21-/m0/s1. The Kier molecular flexibility index (Phi) is 7.53. The number of aromatic hydroxyl groups is 1. The Morgan fingerprint density at radius 2 is 1.88 bits per heavy atom. The number of phenols is 1. The van der Waals surface area contributed by atoms with E-state index in [0.29, 0.717) is 25.5 Å². The molecule has 5 N–H and O–H groups in total. The highest BCUT2D eigenvalue weighted by molar-refractivity contribution is 6.01. The lowest BCUT2D eigenvalue weighted by Crippen LogP contribution is -2.46. The molecule has 10 nitrogen and oxygen atoms in total. The Bertz CT molecular complexity index is 1130. The molecule has 1 fully saturated rings. The van der Waals surface area contributed by atoms with E-state index in [1.807, 2.05) is 30.3 Å². The van der Waals surface area contributed by atoms with Gasteiger partial charge in [-0.25, -0.2) is 0 Å². The molecule has 4 rings (SSSR count). The number of morpholine rings is 1. The molecular formula is C24H27N5O5. The van der Waals surface area contributed by atoms with Crippen LogP contribution in [0, 0.1) is 0 Å². The maximum atomic E-state index is 12.8. The third-order valence-corrected chi connectivity index (χ3v) is 5.47. The summed E-state index contributed by atoms with van der Waals surface area (Å²) in [6.45, 7) is 2.77. The van der Waals surface area contributed by atoms with E-state index in [9.17, 15) is 19.8 Å². The van der Waals surface area contributed by atoms with E-state index in [4.69, 9.17) is 4.74 Å². The van der Waals surface area contributed by atoms with Crippen LogP contribution in [-0.4, -0.2) is 76.1 Å². The second kappa shape index (κ2) is 10.9. The number of nitrogens with one attached hydrogen (secondary N) is 3. The van der Waals surface area contributed by atoms with E-state index in [2.05, 4.69) is 25.7 Å². The number of benzene rings is 2. The number of hydrogen-bond acceptors (Lipinski definition) is 7. The van der Waals surface area contributed by atoms with Gasteiger partial charge in [0.1, 0.15) is 11.8 Å². The quantitative estimate of drug-likeness (QED) is 0.338. The zero-order chi connectivity index (χ0) is 23.9. The van der Waals surface area contributed by atoms with Crippen LogP contribution in [0.1, 0.15) is 15.9 Å². The van der Waals surface area contributed by atoms with Crippen molar-refractivity contribution in [3.8, 4) is 17.0 Å². The Labute approximate surface area is 196 Å². The molecule has 1 atom stereocenters. The molecule has 1 aliphatic rings. The number of H-pyrrole nitrogens is 1. The number of phenolic OH excluding ortho intramolecular Hbond substituents is 1. The normalized spacial score (nSPS) is 15.0. The third kappa shape index (κ3) is 5.98. The molecule has 1 aliphatic heterocycles. The van der Waals surface area contributed by atoms with Crippen molar-refractivity contribution in [2.24, 2.45) is 0 Å². The van der Waals surface area contributed by atoms with Crippen LogP contribution >= 0.6 is 0 Å². The van der Waals surface area contributed by atoms with E-state index in [0.717, 1.165) is 24.2 Å². The minimum absolute atomic E-state index is 0.0501. The Morgan fingerprint density at radius 3 is 2.62 bits per heavy atom. The summed E-state index contributed by atoms with van der Waals surface area (Å²) in [5, 5.41) is 31.8. The van der Waals surface area contributed by atoms with Crippen LogP contribution in [0.2, 0.25) is 0 Å². The van der Waals surface area contributed by atoms with Crippen molar-refractivity contribution in [1.82, 2.24) is 20.4 Å². The number of aliphatic hydroxyl groups excluding tert-OH is 1. The molecule has 1 aromatic heterocycles. The zero-order valence-corrected chi connectivity index (χ0v) is 18.5. The Hall–Kier alpha value is -3.73. The van der Waals surface area contributed by atoms with Gasteiger partial charge in [-0.1, -0.05) is 30.3 Å². The predicted octanol–water partition coefficient (Wildman–Crippen LogP) is 1.34. The maximum Gasteiger partial charge on any atom is 0.252 e. The van der Waals surface area contributed by atoms with E-state index in [-0.39, 0.29) is 17.1 Å². The van der Waals surface area contributed by atoms with Crippen LogP contribution in [0.5, 0.6) is 5.75 Å². The molecule has 0 saturated carbocycles. The lowest BCUT2D eigenvalue weighted by Gasteiger charge is -2.26. The van der Waals surface area contributed by atoms with Gasteiger partial charge in [0.05, 0.1) is 25.5 Å². The summed E-state index contributed by atoms with van der Waals surface area (Å²) in [4.78, 5) is 27.6. The highest BCUT2D eigenvalue weighted by atomic mass is 16.5. The number of aromatic nitrogens is 2. The fraction of sp³-hybridized carbons (Fsp3) is 0.292. The summed E-state index contributed by atoms with van der Waals surface area (Å²) >= 11 is 0. The third-order valence-electron chi connectivity index (χ3n) is 5.47. The molecule has 0 spiro atoms. The number of ether oxygens (including phenoxy) is 1. The van der Waals surface area contributed by atoms with Crippen LogP contribution in [0.4, 0.5) is 5.82 Å². The summed E-state index contributed by atoms with van der Waals surface area (Å²) < 4.78 is 5.34. The van der Waals surface area contributed by atoms with Gasteiger partial charge in [0.2, 0.25) is 0 Å². The first-order valence-corrected chi connectivity index (χ1v) is 11.0. The van der Waals surface area contributed by atoms with Crippen LogP contribution in [0.25, 0.3) is 11.3 Å². The number of anilines is 1. The maximum absolute atomic E-state index is 12.8. The number of aliphatic hydroxyl groups is 1. The first kappa shape index (κ1) is 23.4. The summed E-state index contributed by atoms with van der Waals surface area (Å²) in [6.07, 6.45) is 0. The van der Waals surface area contributed by atoms with Crippen molar-refractivity contribution in [3.05, 3.63) is 65.7 Å². The van der Waals surface area contributed by atoms with Gasteiger partial charge in [-0.05, 0) is 29.3 Å². The van der Waals surface area contributed by atoms with Gasteiger partial charge in [-0.3, -0.25) is 19.6 Å². The zero-order valence-electron chi connectivity index (χ0n) is 18.5. The smallest absolute Gasteiger partial charge is 0.252 e.